The van der Waals surface area contributed by atoms with Crippen LogP contribution in [0.1, 0.15) is 91.9 Å². The van der Waals surface area contributed by atoms with Crippen molar-refractivity contribution in [3.05, 3.63) is 0 Å². The summed E-state index contributed by atoms with van der Waals surface area (Å²) in [7, 11) is 0. The normalized spacial score (nSPS) is 13.8. The highest BCUT2D eigenvalue weighted by molar-refractivity contribution is 4.70. The molecule has 0 heterocycles. The smallest absolute Gasteiger partial charge is 0.0431 e. The van der Waals surface area contributed by atoms with Gasteiger partial charge in [-0.3, -0.25) is 0 Å². The second-order valence-electron chi connectivity index (χ2n) is 6.84. The number of aliphatic hydroxyl groups is 1. The Morgan fingerprint density at radius 3 is 2.17 bits per heavy atom. The first kappa shape index (κ1) is 18.0. The Kier molecular flexibility index (Phi) is 10.8. The van der Waals surface area contributed by atoms with Crippen molar-refractivity contribution < 1.29 is 5.11 Å². The molecule has 0 aromatic heterocycles. The van der Waals surface area contributed by atoms with Crippen LogP contribution in [0.2, 0.25) is 0 Å². The Hall–Kier alpha value is -0.0400. The molecule has 0 aromatic carbocycles. The zero-order valence-electron chi connectivity index (χ0n) is 13.3. The second-order valence-corrected chi connectivity index (χ2v) is 6.84. The van der Waals surface area contributed by atoms with Gasteiger partial charge in [-0.1, -0.05) is 72.6 Å². The predicted molar refractivity (Wildman–Crippen MR) is 81.9 cm³/mol. The summed E-state index contributed by atoms with van der Waals surface area (Å²) in [4.78, 5) is 0. The van der Waals surface area contributed by atoms with Gasteiger partial charge in [-0.15, -0.1) is 0 Å². The highest BCUT2D eigenvalue weighted by Crippen LogP contribution is 2.31. The van der Waals surface area contributed by atoms with Gasteiger partial charge in [0.1, 0.15) is 0 Å². The van der Waals surface area contributed by atoms with Crippen molar-refractivity contribution in [1.29, 1.82) is 0 Å². The third-order valence-corrected chi connectivity index (χ3v) is 4.13. The molecule has 1 unspecified atom stereocenters. The van der Waals surface area contributed by atoms with Gasteiger partial charge in [0, 0.05) is 6.61 Å². The molecule has 0 radical (unpaired) electrons. The van der Waals surface area contributed by atoms with E-state index in [1.54, 1.807) is 0 Å². The van der Waals surface area contributed by atoms with Crippen molar-refractivity contribution in [2.24, 2.45) is 11.3 Å². The Labute approximate surface area is 115 Å². The van der Waals surface area contributed by atoms with E-state index in [4.69, 9.17) is 5.11 Å². The van der Waals surface area contributed by atoms with Crippen LogP contribution < -0.4 is 0 Å². The summed E-state index contributed by atoms with van der Waals surface area (Å²) in [6.45, 7) is 9.71. The van der Waals surface area contributed by atoms with Crippen molar-refractivity contribution in [1.82, 2.24) is 0 Å². The second kappa shape index (κ2) is 10.8. The molecule has 0 aromatic rings. The molecule has 110 valence electrons. The molecule has 1 atom stereocenters. The predicted octanol–water partition coefficient (Wildman–Crippen LogP) is 5.56. The lowest BCUT2D eigenvalue weighted by Gasteiger charge is -2.26. The first-order chi connectivity index (χ1) is 8.52. The molecule has 0 aliphatic rings. The maximum absolute atomic E-state index is 8.89. The highest BCUT2D eigenvalue weighted by Gasteiger charge is 2.18. The first-order valence-electron chi connectivity index (χ1n) is 8.12. The summed E-state index contributed by atoms with van der Waals surface area (Å²) >= 11 is 0. The average molecular weight is 256 g/mol. The quantitative estimate of drug-likeness (QED) is 0.453. The highest BCUT2D eigenvalue weighted by atomic mass is 16.2. The molecule has 1 N–H and O–H groups in total. The van der Waals surface area contributed by atoms with E-state index < -0.39 is 0 Å². The summed E-state index contributed by atoms with van der Waals surface area (Å²) in [5.41, 5.74) is 0.416. The zero-order valence-corrected chi connectivity index (χ0v) is 13.3. The molecule has 18 heavy (non-hydrogen) atoms. The van der Waals surface area contributed by atoms with Gasteiger partial charge in [0.05, 0.1) is 0 Å². The van der Waals surface area contributed by atoms with Gasteiger partial charge in [-0.2, -0.15) is 0 Å². The summed E-state index contributed by atoms with van der Waals surface area (Å²) in [5.74, 6) is 0.875. The topological polar surface area (TPSA) is 20.2 Å². The van der Waals surface area contributed by atoms with Gasteiger partial charge >= 0.3 is 0 Å². The lowest BCUT2D eigenvalue weighted by Crippen LogP contribution is -2.13. The van der Waals surface area contributed by atoms with Crippen LogP contribution in [0, 0.1) is 11.3 Å². The largest absolute Gasteiger partial charge is 0.396 e. The SMILES string of the molecule is CCCCCCCC(C)CCC(C)(C)CCCO. The van der Waals surface area contributed by atoms with Crippen LogP contribution in [0.15, 0.2) is 0 Å². The lowest BCUT2D eigenvalue weighted by atomic mass is 9.80. The number of unbranched alkanes of at least 4 members (excludes halogenated alkanes) is 4. The third-order valence-electron chi connectivity index (χ3n) is 4.13. The minimum atomic E-state index is 0.344. The Bertz CT molecular complexity index is 174. The Balaban J connectivity index is 3.53. The van der Waals surface area contributed by atoms with E-state index in [-0.39, 0.29) is 0 Å². The van der Waals surface area contributed by atoms with Crippen LogP contribution in [0.3, 0.4) is 0 Å². The summed E-state index contributed by atoms with van der Waals surface area (Å²) in [6, 6.07) is 0. The van der Waals surface area contributed by atoms with Crippen LogP contribution in [0.5, 0.6) is 0 Å². The summed E-state index contributed by atoms with van der Waals surface area (Å²) < 4.78 is 0. The maximum Gasteiger partial charge on any atom is 0.0431 e. The molecule has 0 fully saturated rings. The molecule has 0 amide bonds. The van der Waals surface area contributed by atoms with Crippen LogP contribution >= 0.6 is 0 Å². The van der Waals surface area contributed by atoms with Gasteiger partial charge < -0.3 is 5.11 Å². The fourth-order valence-corrected chi connectivity index (χ4v) is 2.56. The molecule has 0 aliphatic heterocycles. The van der Waals surface area contributed by atoms with E-state index in [9.17, 15) is 0 Å². The van der Waals surface area contributed by atoms with Crippen LogP contribution in [0.25, 0.3) is 0 Å². The minimum Gasteiger partial charge on any atom is -0.396 e. The minimum absolute atomic E-state index is 0.344. The molecular formula is C17H36O. The van der Waals surface area contributed by atoms with Crippen LogP contribution in [-0.2, 0) is 0 Å². The number of hydrogen-bond donors (Lipinski definition) is 1. The fourth-order valence-electron chi connectivity index (χ4n) is 2.56. The van der Waals surface area contributed by atoms with Crippen molar-refractivity contribution in [2.75, 3.05) is 6.61 Å². The van der Waals surface area contributed by atoms with E-state index in [0.29, 0.717) is 12.0 Å². The van der Waals surface area contributed by atoms with Gasteiger partial charge in [0.15, 0.2) is 0 Å². The third kappa shape index (κ3) is 11.1. The van der Waals surface area contributed by atoms with E-state index in [0.717, 1.165) is 18.8 Å². The van der Waals surface area contributed by atoms with Crippen molar-refractivity contribution in [3.63, 3.8) is 0 Å². The summed E-state index contributed by atoms with van der Waals surface area (Å²) in [5, 5.41) is 8.89. The molecule has 0 aliphatic carbocycles. The lowest BCUT2D eigenvalue weighted by molar-refractivity contribution is 0.220. The maximum atomic E-state index is 8.89. The molecule has 0 rings (SSSR count). The van der Waals surface area contributed by atoms with Crippen LogP contribution in [0.4, 0.5) is 0 Å². The fraction of sp³-hybridized carbons (Fsp3) is 1.00. The summed E-state index contributed by atoms with van der Waals surface area (Å²) in [6.07, 6.45) is 13.2. The Morgan fingerprint density at radius 2 is 1.56 bits per heavy atom. The number of aliphatic hydroxyl groups excluding tert-OH is 1. The number of hydrogen-bond acceptors (Lipinski definition) is 1. The van der Waals surface area contributed by atoms with E-state index in [1.807, 2.05) is 0 Å². The van der Waals surface area contributed by atoms with E-state index in [2.05, 4.69) is 27.7 Å². The van der Waals surface area contributed by atoms with Crippen molar-refractivity contribution >= 4 is 0 Å². The van der Waals surface area contributed by atoms with Gasteiger partial charge in [0.25, 0.3) is 0 Å². The van der Waals surface area contributed by atoms with Crippen molar-refractivity contribution in [3.8, 4) is 0 Å². The molecule has 0 saturated carbocycles. The Morgan fingerprint density at radius 1 is 0.889 bits per heavy atom. The van der Waals surface area contributed by atoms with E-state index in [1.165, 1.54) is 51.4 Å². The molecule has 1 nitrogen and oxygen atoms in total. The van der Waals surface area contributed by atoms with Gasteiger partial charge in [-0.25, -0.2) is 0 Å². The average Bonchev–Trinajstić information content (AvgIpc) is 2.34. The van der Waals surface area contributed by atoms with Gasteiger partial charge in [0.2, 0.25) is 0 Å². The van der Waals surface area contributed by atoms with Crippen LogP contribution in [-0.4, -0.2) is 11.7 Å². The molecular weight excluding hydrogens is 220 g/mol. The molecule has 0 spiro atoms. The first-order valence-corrected chi connectivity index (χ1v) is 8.12. The monoisotopic (exact) mass is 256 g/mol. The van der Waals surface area contributed by atoms with Crippen molar-refractivity contribution in [2.45, 2.75) is 91.9 Å². The van der Waals surface area contributed by atoms with E-state index >= 15 is 0 Å². The molecule has 1 heteroatoms. The molecule has 0 saturated heterocycles. The number of rotatable bonds is 12. The molecule has 0 bridgehead atoms. The standard InChI is InChI=1S/C17H36O/c1-5-6-7-8-9-11-16(2)12-14-17(3,4)13-10-15-18/h16,18H,5-15H2,1-4H3. The van der Waals surface area contributed by atoms with Gasteiger partial charge in [-0.05, 0) is 30.6 Å². The zero-order chi connectivity index (χ0) is 13.9.